The summed E-state index contributed by atoms with van der Waals surface area (Å²) >= 11 is 5.83. The van der Waals surface area contributed by atoms with E-state index < -0.39 is 11.8 Å². The topological polar surface area (TPSA) is 58.2 Å². The molecule has 0 aliphatic carbocycles. The van der Waals surface area contributed by atoms with E-state index in [4.69, 9.17) is 11.6 Å². The van der Waals surface area contributed by atoms with Crippen molar-refractivity contribution in [3.05, 3.63) is 65.2 Å². The van der Waals surface area contributed by atoms with E-state index in [1.807, 2.05) is 37.3 Å². The summed E-state index contributed by atoms with van der Waals surface area (Å²) in [4.78, 5) is 23.6. The molecule has 4 nitrogen and oxygen atoms in total. The SMILES string of the molecule is CC(CNC(=O)C(=O)Nc1cccc(Cl)c1)c1ccccc1. The van der Waals surface area contributed by atoms with Crippen LogP contribution in [0.5, 0.6) is 0 Å². The number of halogens is 1. The normalized spacial score (nSPS) is 11.5. The summed E-state index contributed by atoms with van der Waals surface area (Å²) in [7, 11) is 0. The van der Waals surface area contributed by atoms with Crippen molar-refractivity contribution in [1.29, 1.82) is 0 Å². The fourth-order valence-electron chi connectivity index (χ4n) is 1.98. The van der Waals surface area contributed by atoms with Gasteiger partial charge in [-0.25, -0.2) is 0 Å². The van der Waals surface area contributed by atoms with Gasteiger partial charge in [-0.3, -0.25) is 9.59 Å². The van der Waals surface area contributed by atoms with Crippen molar-refractivity contribution >= 4 is 29.1 Å². The predicted octanol–water partition coefficient (Wildman–Crippen LogP) is 3.20. The molecule has 0 fully saturated rings. The molecule has 0 aliphatic rings. The number of benzene rings is 2. The van der Waals surface area contributed by atoms with Crippen LogP contribution in [0, 0.1) is 0 Å². The minimum absolute atomic E-state index is 0.129. The van der Waals surface area contributed by atoms with E-state index in [2.05, 4.69) is 10.6 Å². The van der Waals surface area contributed by atoms with E-state index in [1.165, 1.54) is 0 Å². The lowest BCUT2D eigenvalue weighted by molar-refractivity contribution is -0.136. The number of hydrogen-bond donors (Lipinski definition) is 2. The van der Waals surface area contributed by atoms with Gasteiger partial charge in [-0.15, -0.1) is 0 Å². The summed E-state index contributed by atoms with van der Waals surface area (Å²) in [5.74, 6) is -1.24. The molecule has 0 saturated carbocycles. The molecule has 0 heterocycles. The van der Waals surface area contributed by atoms with Crippen LogP contribution in [0.3, 0.4) is 0 Å². The van der Waals surface area contributed by atoms with E-state index in [1.54, 1.807) is 24.3 Å². The number of anilines is 1. The maximum Gasteiger partial charge on any atom is 0.313 e. The maximum atomic E-state index is 11.8. The number of carbonyl (C=O) groups excluding carboxylic acids is 2. The molecule has 2 amide bonds. The molecule has 0 spiro atoms. The smallest absolute Gasteiger partial charge is 0.313 e. The van der Waals surface area contributed by atoms with Gasteiger partial charge in [0.05, 0.1) is 0 Å². The third-order valence-corrected chi connectivity index (χ3v) is 3.46. The molecule has 0 saturated heterocycles. The Morgan fingerprint density at radius 3 is 2.45 bits per heavy atom. The zero-order chi connectivity index (χ0) is 15.9. The van der Waals surface area contributed by atoms with Gasteiger partial charge in [-0.05, 0) is 29.7 Å². The van der Waals surface area contributed by atoms with Gasteiger partial charge in [0, 0.05) is 17.3 Å². The molecule has 2 N–H and O–H groups in total. The van der Waals surface area contributed by atoms with Gasteiger partial charge in [0.15, 0.2) is 0 Å². The first-order valence-corrected chi connectivity index (χ1v) is 7.34. The molecule has 1 atom stereocenters. The zero-order valence-corrected chi connectivity index (χ0v) is 12.9. The number of hydrogen-bond acceptors (Lipinski definition) is 2. The molecule has 2 aromatic carbocycles. The van der Waals surface area contributed by atoms with Crippen molar-refractivity contribution in [1.82, 2.24) is 5.32 Å². The fourth-order valence-corrected chi connectivity index (χ4v) is 2.17. The highest BCUT2D eigenvalue weighted by Crippen LogP contribution is 2.15. The van der Waals surface area contributed by atoms with Crippen LogP contribution in [0.1, 0.15) is 18.4 Å². The van der Waals surface area contributed by atoms with Crippen molar-refractivity contribution in [3.8, 4) is 0 Å². The third-order valence-electron chi connectivity index (χ3n) is 3.23. The molecule has 0 bridgehead atoms. The van der Waals surface area contributed by atoms with Gasteiger partial charge >= 0.3 is 11.8 Å². The van der Waals surface area contributed by atoms with E-state index in [-0.39, 0.29) is 5.92 Å². The van der Waals surface area contributed by atoms with Crippen LogP contribution in [-0.2, 0) is 9.59 Å². The van der Waals surface area contributed by atoms with Gasteiger partial charge in [-0.2, -0.15) is 0 Å². The third kappa shape index (κ3) is 4.60. The Labute approximate surface area is 134 Å². The average Bonchev–Trinajstić information content (AvgIpc) is 2.53. The highest BCUT2D eigenvalue weighted by Gasteiger charge is 2.15. The summed E-state index contributed by atoms with van der Waals surface area (Å²) in [6.45, 7) is 2.39. The molecule has 0 aliphatic heterocycles. The van der Waals surface area contributed by atoms with Gasteiger partial charge in [0.2, 0.25) is 0 Å². The summed E-state index contributed by atoms with van der Waals surface area (Å²) in [5, 5.41) is 5.64. The number of carbonyl (C=O) groups is 2. The first kappa shape index (κ1) is 16.0. The van der Waals surface area contributed by atoms with Crippen molar-refractivity contribution in [3.63, 3.8) is 0 Å². The van der Waals surface area contributed by atoms with Crippen LogP contribution in [-0.4, -0.2) is 18.4 Å². The van der Waals surface area contributed by atoms with E-state index in [0.717, 1.165) is 5.56 Å². The molecular formula is C17H17ClN2O2. The highest BCUT2D eigenvalue weighted by molar-refractivity contribution is 6.39. The van der Waals surface area contributed by atoms with E-state index in [9.17, 15) is 9.59 Å². The van der Waals surface area contributed by atoms with Crippen molar-refractivity contribution in [2.24, 2.45) is 0 Å². The summed E-state index contributed by atoms with van der Waals surface area (Å²) in [6, 6.07) is 16.5. The number of rotatable bonds is 4. The standard InChI is InChI=1S/C17H17ClN2O2/c1-12(13-6-3-2-4-7-13)11-19-16(21)17(22)20-15-9-5-8-14(18)10-15/h2-10,12H,11H2,1H3,(H,19,21)(H,20,22). The Morgan fingerprint density at radius 2 is 1.77 bits per heavy atom. The summed E-state index contributed by atoms with van der Waals surface area (Å²) in [6.07, 6.45) is 0. The maximum absolute atomic E-state index is 11.8. The Bertz CT molecular complexity index is 659. The van der Waals surface area contributed by atoms with Crippen LogP contribution in [0.2, 0.25) is 5.02 Å². The summed E-state index contributed by atoms with van der Waals surface area (Å²) < 4.78 is 0. The van der Waals surface area contributed by atoms with Crippen LogP contribution in [0.4, 0.5) is 5.69 Å². The molecular weight excluding hydrogens is 300 g/mol. The first-order valence-electron chi connectivity index (χ1n) is 6.96. The Kier molecular flexibility index (Phi) is 5.55. The molecule has 0 radical (unpaired) electrons. The fraction of sp³-hybridized carbons (Fsp3) is 0.176. The van der Waals surface area contributed by atoms with Gasteiger partial charge in [0.25, 0.3) is 0 Å². The van der Waals surface area contributed by atoms with Crippen molar-refractivity contribution in [2.75, 3.05) is 11.9 Å². The Hall–Kier alpha value is -2.33. The van der Waals surface area contributed by atoms with Crippen molar-refractivity contribution in [2.45, 2.75) is 12.8 Å². The molecule has 0 aromatic heterocycles. The molecule has 2 rings (SSSR count). The largest absolute Gasteiger partial charge is 0.347 e. The second-order valence-electron chi connectivity index (χ2n) is 4.99. The quantitative estimate of drug-likeness (QED) is 0.851. The lowest BCUT2D eigenvalue weighted by Crippen LogP contribution is -2.37. The van der Waals surface area contributed by atoms with Crippen LogP contribution in [0.25, 0.3) is 0 Å². The zero-order valence-electron chi connectivity index (χ0n) is 12.2. The van der Waals surface area contributed by atoms with Gasteiger partial charge in [-0.1, -0.05) is 54.9 Å². The number of nitrogens with one attached hydrogen (secondary N) is 2. The van der Waals surface area contributed by atoms with Crippen LogP contribution in [0.15, 0.2) is 54.6 Å². The van der Waals surface area contributed by atoms with Crippen LogP contribution >= 0.6 is 11.6 Å². The minimum atomic E-state index is -0.706. The molecule has 5 heteroatoms. The van der Waals surface area contributed by atoms with Gasteiger partial charge in [0.1, 0.15) is 0 Å². The van der Waals surface area contributed by atoms with E-state index in [0.29, 0.717) is 17.3 Å². The molecule has 114 valence electrons. The minimum Gasteiger partial charge on any atom is -0.347 e. The van der Waals surface area contributed by atoms with E-state index >= 15 is 0 Å². The molecule has 1 unspecified atom stereocenters. The first-order chi connectivity index (χ1) is 10.6. The molecule has 2 aromatic rings. The van der Waals surface area contributed by atoms with Gasteiger partial charge < -0.3 is 10.6 Å². The second kappa shape index (κ2) is 7.61. The molecule has 22 heavy (non-hydrogen) atoms. The van der Waals surface area contributed by atoms with Crippen molar-refractivity contribution < 1.29 is 9.59 Å². The number of amides is 2. The lowest BCUT2D eigenvalue weighted by atomic mass is 10.0. The Balaban J connectivity index is 1.85. The second-order valence-corrected chi connectivity index (χ2v) is 5.42. The summed E-state index contributed by atoms with van der Waals surface area (Å²) in [5.41, 5.74) is 1.60. The monoisotopic (exact) mass is 316 g/mol. The predicted molar refractivity (Wildman–Crippen MR) is 87.9 cm³/mol. The Morgan fingerprint density at radius 1 is 1.05 bits per heavy atom. The van der Waals surface area contributed by atoms with Crippen LogP contribution < -0.4 is 10.6 Å². The highest BCUT2D eigenvalue weighted by atomic mass is 35.5. The average molecular weight is 317 g/mol. The lowest BCUT2D eigenvalue weighted by Gasteiger charge is -2.13.